The van der Waals surface area contributed by atoms with Crippen LogP contribution in [0.5, 0.6) is 0 Å². The topological polar surface area (TPSA) is 127 Å². The van der Waals surface area contributed by atoms with Crippen molar-refractivity contribution in [2.24, 2.45) is 11.8 Å². The van der Waals surface area contributed by atoms with Gasteiger partial charge in [0.25, 0.3) is 5.91 Å². The highest BCUT2D eigenvalue weighted by molar-refractivity contribution is 7.90. The van der Waals surface area contributed by atoms with E-state index in [2.05, 4.69) is 33.2 Å². The molecule has 41 heavy (non-hydrogen) atoms. The summed E-state index contributed by atoms with van der Waals surface area (Å²) in [4.78, 5) is 33.2. The van der Waals surface area contributed by atoms with E-state index in [9.17, 15) is 13.2 Å². The van der Waals surface area contributed by atoms with Gasteiger partial charge < -0.3 is 15.0 Å². The normalized spacial score (nSPS) is 25.0. The summed E-state index contributed by atoms with van der Waals surface area (Å²) in [6, 6.07) is 13.2. The third-order valence-corrected chi connectivity index (χ3v) is 9.84. The lowest BCUT2D eigenvalue weighted by atomic mass is 9.75. The maximum atomic E-state index is 12.7. The maximum Gasteiger partial charge on any atom is 0.253 e. The number of aromatic nitrogens is 4. The van der Waals surface area contributed by atoms with E-state index in [-0.39, 0.29) is 22.6 Å². The number of anilines is 1. The minimum Gasteiger partial charge on any atom is -0.371 e. The molecule has 4 aromatic rings. The number of hydrogen-bond acceptors (Lipinski definition) is 9. The van der Waals surface area contributed by atoms with Gasteiger partial charge in [0, 0.05) is 55.2 Å². The molecule has 0 spiro atoms. The van der Waals surface area contributed by atoms with Crippen LogP contribution >= 0.6 is 0 Å². The average molecular weight is 571 g/mol. The van der Waals surface area contributed by atoms with Crippen LogP contribution in [-0.2, 0) is 21.1 Å². The minimum absolute atomic E-state index is 0.00386. The highest BCUT2D eigenvalue weighted by Crippen LogP contribution is 2.54. The van der Waals surface area contributed by atoms with Gasteiger partial charge in [-0.3, -0.25) is 14.8 Å². The third-order valence-electron chi connectivity index (χ3n) is 8.76. The maximum absolute atomic E-state index is 12.7. The van der Waals surface area contributed by atoms with Gasteiger partial charge >= 0.3 is 0 Å². The number of nitrogens with zero attached hydrogens (tertiary/aromatic N) is 5. The number of rotatable bonds is 6. The summed E-state index contributed by atoms with van der Waals surface area (Å²) in [7, 11) is -3.47. The molecule has 0 unspecified atom stereocenters. The van der Waals surface area contributed by atoms with Crippen molar-refractivity contribution in [2.75, 3.05) is 24.2 Å². The van der Waals surface area contributed by atoms with Crippen LogP contribution < -0.4 is 10.2 Å². The number of nitrogens with one attached hydrogen (secondary N) is 1. The Kier molecular flexibility index (Phi) is 6.05. The molecule has 3 aliphatic heterocycles. The van der Waals surface area contributed by atoms with E-state index in [0.717, 1.165) is 60.3 Å². The van der Waals surface area contributed by atoms with Crippen molar-refractivity contribution in [1.82, 2.24) is 25.3 Å². The number of sulfone groups is 1. The van der Waals surface area contributed by atoms with E-state index < -0.39 is 15.7 Å². The molecule has 0 saturated carbocycles. The molecule has 4 aromatic heterocycles. The number of hydrogen-bond donors (Lipinski definition) is 1. The van der Waals surface area contributed by atoms with Crippen LogP contribution in [0.3, 0.4) is 0 Å². The number of amides is 1. The quantitative estimate of drug-likeness (QED) is 0.371. The molecule has 3 aliphatic rings. The van der Waals surface area contributed by atoms with Crippen LogP contribution in [-0.4, -0.2) is 65.3 Å². The van der Waals surface area contributed by atoms with Crippen molar-refractivity contribution in [3.63, 3.8) is 0 Å². The van der Waals surface area contributed by atoms with Crippen molar-refractivity contribution in [1.29, 1.82) is 0 Å². The van der Waals surface area contributed by atoms with Crippen LogP contribution in [0.1, 0.15) is 35.8 Å². The van der Waals surface area contributed by atoms with Crippen LogP contribution in [0.15, 0.2) is 66.0 Å². The van der Waals surface area contributed by atoms with Crippen molar-refractivity contribution < 1.29 is 17.9 Å². The van der Waals surface area contributed by atoms with E-state index >= 15 is 0 Å². The van der Waals surface area contributed by atoms with Gasteiger partial charge in [0.15, 0.2) is 9.84 Å². The Balaban J connectivity index is 1.08. The number of carbonyl (C=O) groups is 1. The van der Waals surface area contributed by atoms with Gasteiger partial charge in [-0.1, -0.05) is 6.07 Å². The molecule has 0 aromatic carbocycles. The van der Waals surface area contributed by atoms with Gasteiger partial charge in [-0.05, 0) is 56.2 Å². The Morgan fingerprint density at radius 3 is 2.78 bits per heavy atom. The first-order valence-electron chi connectivity index (χ1n) is 13.8. The summed E-state index contributed by atoms with van der Waals surface area (Å²) in [5.74, 6) is 1.66. The molecule has 4 atom stereocenters. The lowest BCUT2D eigenvalue weighted by Gasteiger charge is -2.28. The molecule has 3 saturated heterocycles. The molecule has 10 nitrogen and oxygen atoms in total. The van der Waals surface area contributed by atoms with Crippen molar-refractivity contribution >= 4 is 32.5 Å². The molecule has 3 fully saturated rings. The smallest absolute Gasteiger partial charge is 0.253 e. The second kappa shape index (κ2) is 9.56. The van der Waals surface area contributed by atoms with Crippen molar-refractivity contribution in [2.45, 2.75) is 42.9 Å². The summed E-state index contributed by atoms with van der Waals surface area (Å²) < 4.78 is 29.9. The molecular weight excluding hydrogens is 540 g/mol. The fourth-order valence-electron chi connectivity index (χ4n) is 6.56. The Hall–Kier alpha value is -3.96. The van der Waals surface area contributed by atoms with Gasteiger partial charge in [0.05, 0.1) is 51.3 Å². The summed E-state index contributed by atoms with van der Waals surface area (Å²) >= 11 is 0. The predicted molar refractivity (Wildman–Crippen MR) is 153 cm³/mol. The van der Waals surface area contributed by atoms with Crippen LogP contribution in [0.2, 0.25) is 0 Å². The average Bonchev–Trinajstić information content (AvgIpc) is 3.67. The van der Waals surface area contributed by atoms with Crippen molar-refractivity contribution in [3.05, 3.63) is 72.3 Å². The Labute approximate surface area is 238 Å². The monoisotopic (exact) mass is 570 g/mol. The van der Waals surface area contributed by atoms with Crippen LogP contribution in [0.25, 0.3) is 22.3 Å². The number of fused-ring (bicyclic) bond motifs is 6. The largest absolute Gasteiger partial charge is 0.371 e. The number of ether oxygens (including phenoxy) is 1. The molecule has 1 N–H and O–H groups in total. The molecule has 7 heterocycles. The van der Waals surface area contributed by atoms with E-state index in [0.29, 0.717) is 23.6 Å². The Bertz CT molecular complexity index is 1800. The molecule has 0 radical (unpaired) electrons. The first-order valence-corrected chi connectivity index (χ1v) is 15.6. The van der Waals surface area contributed by atoms with Crippen LogP contribution in [0, 0.1) is 11.8 Å². The first-order chi connectivity index (χ1) is 19.7. The zero-order valence-corrected chi connectivity index (χ0v) is 23.6. The Morgan fingerprint density at radius 1 is 1.10 bits per heavy atom. The van der Waals surface area contributed by atoms with E-state index in [1.807, 2.05) is 30.3 Å². The fraction of sp³-hybridized carbons (Fsp3) is 0.367. The first kappa shape index (κ1) is 26.0. The molecule has 2 bridgehead atoms. The highest BCUT2D eigenvalue weighted by atomic mass is 32.2. The number of pyridine rings is 4. The van der Waals surface area contributed by atoms with Gasteiger partial charge in [0.2, 0.25) is 0 Å². The Morgan fingerprint density at radius 2 is 1.95 bits per heavy atom. The molecule has 1 amide bonds. The van der Waals surface area contributed by atoms with E-state index in [1.54, 1.807) is 6.20 Å². The van der Waals surface area contributed by atoms with Crippen molar-refractivity contribution in [3.8, 4) is 11.4 Å². The van der Waals surface area contributed by atoms with Crippen LogP contribution in [0.4, 0.5) is 5.82 Å². The zero-order chi connectivity index (χ0) is 28.4. The lowest BCUT2D eigenvalue weighted by Crippen LogP contribution is -2.35. The number of carbonyl (C=O) groups excluding carboxylic acids is 1. The minimum atomic E-state index is -3.47. The van der Waals surface area contributed by atoms with Gasteiger partial charge in [0.1, 0.15) is 5.82 Å². The van der Waals surface area contributed by atoms with E-state index in [4.69, 9.17) is 14.7 Å². The molecule has 0 aliphatic carbocycles. The standard InChI is InChI=1S/C30H30N6O4S/c1-30-9-8-27(40-30)22-16-36(17-23(22)30)28-5-3-4-24(35-28)25-7-6-18-13-32-20(11-26(18)34-25)14-33-29(37)19-10-21(15-31-12-19)41(2,38)39/h3-7,10-13,15,22-23,27H,8-9,14,16-17H2,1-2H3,(H,33,37)/t22-,23+,27-,30+/m1/s1. The molecule has 7 rings (SSSR count). The van der Waals surface area contributed by atoms with Gasteiger partial charge in [-0.2, -0.15) is 0 Å². The molecular formula is C30H30N6O4S. The summed E-state index contributed by atoms with van der Waals surface area (Å²) in [5, 5.41) is 3.66. The summed E-state index contributed by atoms with van der Waals surface area (Å²) in [6.07, 6.45) is 8.04. The van der Waals surface area contributed by atoms with Gasteiger partial charge in [-0.25, -0.2) is 18.4 Å². The SMILES string of the molecule is C[C@@]12CC[C@@H](O1)[C@@H]1CN(c3cccc(-c4ccc5cnc(CNC(=O)c6cncc(S(C)(=O)=O)c6)cc5n4)n3)C[C@@H]12. The highest BCUT2D eigenvalue weighted by Gasteiger charge is 2.59. The van der Waals surface area contributed by atoms with Gasteiger partial charge in [-0.15, -0.1) is 0 Å². The predicted octanol–water partition coefficient (Wildman–Crippen LogP) is 3.42. The molecule has 11 heteroatoms. The van der Waals surface area contributed by atoms with E-state index in [1.165, 1.54) is 18.5 Å². The molecule has 210 valence electrons. The second-order valence-corrected chi connectivity index (χ2v) is 13.5. The summed E-state index contributed by atoms with van der Waals surface area (Å²) in [5.41, 5.74) is 3.10. The lowest BCUT2D eigenvalue weighted by molar-refractivity contribution is 0.00663. The third kappa shape index (κ3) is 4.72. The summed E-state index contributed by atoms with van der Waals surface area (Å²) in [6.45, 7) is 4.36. The second-order valence-electron chi connectivity index (χ2n) is 11.5. The zero-order valence-electron chi connectivity index (χ0n) is 22.8. The fourth-order valence-corrected chi connectivity index (χ4v) is 7.16.